The first kappa shape index (κ1) is 14.2. The number of hydrogen-bond donors (Lipinski definition) is 0. The van der Waals surface area contributed by atoms with E-state index in [1.165, 1.54) is 6.92 Å². The van der Waals surface area contributed by atoms with E-state index in [0.717, 1.165) is 0 Å². The van der Waals surface area contributed by atoms with Gasteiger partial charge in [-0.2, -0.15) is 0 Å². The van der Waals surface area contributed by atoms with Gasteiger partial charge in [0, 0.05) is 23.4 Å². The van der Waals surface area contributed by atoms with Crippen LogP contribution in [0.1, 0.15) is 19.8 Å². The number of carboxylic acid groups (broad SMARTS) is 2. The third kappa shape index (κ3) is 5.79. The highest BCUT2D eigenvalue weighted by Gasteiger charge is 2.12. The number of ether oxygens (including phenoxy) is 1. The standard InChI is InChI=1S/C10H14O6/c1-6(2)10(15)16-4-3-7(9(13)14)5-8(11)12/h7H,1,3-5H2,2H3,(H,11,12)(H,13,14)/p-2. The van der Waals surface area contributed by atoms with E-state index in [9.17, 15) is 24.6 Å². The fourth-order valence-corrected chi connectivity index (χ4v) is 0.922. The number of rotatable bonds is 7. The lowest BCUT2D eigenvalue weighted by Gasteiger charge is -2.18. The molecule has 0 aromatic rings. The Kier molecular flexibility index (Phi) is 5.84. The van der Waals surface area contributed by atoms with Crippen LogP contribution in [0.5, 0.6) is 0 Å². The minimum atomic E-state index is -1.50. The molecule has 6 heteroatoms. The molecule has 0 spiro atoms. The molecule has 0 aromatic carbocycles. The average molecular weight is 228 g/mol. The summed E-state index contributed by atoms with van der Waals surface area (Å²) >= 11 is 0. The minimum Gasteiger partial charge on any atom is -0.550 e. The van der Waals surface area contributed by atoms with Gasteiger partial charge in [0.1, 0.15) is 0 Å². The van der Waals surface area contributed by atoms with Crippen molar-refractivity contribution in [3.63, 3.8) is 0 Å². The Bertz CT molecular complexity index is 306. The Hall–Kier alpha value is -1.85. The second-order valence-corrected chi connectivity index (χ2v) is 3.30. The molecule has 0 aliphatic heterocycles. The van der Waals surface area contributed by atoms with Crippen molar-refractivity contribution >= 4 is 17.9 Å². The molecular weight excluding hydrogens is 216 g/mol. The normalized spacial score (nSPS) is 11.6. The fourth-order valence-electron chi connectivity index (χ4n) is 0.922. The van der Waals surface area contributed by atoms with Crippen LogP contribution in [0.4, 0.5) is 0 Å². The van der Waals surface area contributed by atoms with Gasteiger partial charge in [-0.05, 0) is 19.8 Å². The van der Waals surface area contributed by atoms with Gasteiger partial charge in [0.15, 0.2) is 0 Å². The fraction of sp³-hybridized carbons (Fsp3) is 0.500. The molecule has 0 radical (unpaired) electrons. The summed E-state index contributed by atoms with van der Waals surface area (Å²) in [5, 5.41) is 20.7. The molecule has 0 heterocycles. The Morgan fingerprint density at radius 2 is 1.88 bits per heavy atom. The van der Waals surface area contributed by atoms with Crippen molar-refractivity contribution in [2.45, 2.75) is 19.8 Å². The van der Waals surface area contributed by atoms with Gasteiger partial charge in [0.05, 0.1) is 6.61 Å². The zero-order chi connectivity index (χ0) is 12.7. The summed E-state index contributed by atoms with van der Waals surface area (Å²) in [6.07, 6.45) is -0.789. The number of carbonyl (C=O) groups is 3. The maximum absolute atomic E-state index is 10.9. The van der Waals surface area contributed by atoms with Crippen LogP contribution in [-0.4, -0.2) is 24.5 Å². The van der Waals surface area contributed by atoms with Crippen LogP contribution in [-0.2, 0) is 19.1 Å². The first-order valence-electron chi connectivity index (χ1n) is 4.58. The topological polar surface area (TPSA) is 107 Å². The van der Waals surface area contributed by atoms with Crippen molar-refractivity contribution in [1.82, 2.24) is 0 Å². The molecule has 90 valence electrons. The largest absolute Gasteiger partial charge is 0.550 e. The molecule has 6 nitrogen and oxygen atoms in total. The third-order valence-electron chi connectivity index (χ3n) is 1.79. The second-order valence-electron chi connectivity index (χ2n) is 3.30. The summed E-state index contributed by atoms with van der Waals surface area (Å²) in [5.41, 5.74) is 0.185. The van der Waals surface area contributed by atoms with Gasteiger partial charge in [-0.25, -0.2) is 4.79 Å². The van der Waals surface area contributed by atoms with E-state index in [0.29, 0.717) is 0 Å². The van der Waals surface area contributed by atoms with Gasteiger partial charge >= 0.3 is 5.97 Å². The predicted molar refractivity (Wildman–Crippen MR) is 48.5 cm³/mol. The van der Waals surface area contributed by atoms with Crippen molar-refractivity contribution in [3.8, 4) is 0 Å². The van der Waals surface area contributed by atoms with Crippen LogP contribution >= 0.6 is 0 Å². The summed E-state index contributed by atoms with van der Waals surface area (Å²) in [7, 11) is 0. The van der Waals surface area contributed by atoms with Gasteiger partial charge in [-0.1, -0.05) is 6.58 Å². The lowest BCUT2D eigenvalue weighted by Crippen LogP contribution is -2.36. The van der Waals surface area contributed by atoms with Crippen LogP contribution < -0.4 is 10.2 Å². The second kappa shape index (κ2) is 6.60. The van der Waals surface area contributed by atoms with Gasteiger partial charge in [0.25, 0.3) is 0 Å². The predicted octanol–water partition coefficient (Wildman–Crippen LogP) is -2.00. The van der Waals surface area contributed by atoms with Crippen LogP contribution in [0.15, 0.2) is 12.2 Å². The molecule has 0 saturated carbocycles. The number of carboxylic acids is 2. The Morgan fingerprint density at radius 3 is 2.25 bits per heavy atom. The van der Waals surface area contributed by atoms with E-state index >= 15 is 0 Å². The summed E-state index contributed by atoms with van der Waals surface area (Å²) in [5.74, 6) is -4.86. The summed E-state index contributed by atoms with van der Waals surface area (Å²) < 4.78 is 4.62. The van der Waals surface area contributed by atoms with Crippen LogP contribution in [0.2, 0.25) is 0 Å². The van der Waals surface area contributed by atoms with Gasteiger partial charge < -0.3 is 24.5 Å². The zero-order valence-electron chi connectivity index (χ0n) is 8.86. The molecule has 16 heavy (non-hydrogen) atoms. The molecule has 0 aromatic heterocycles. The highest BCUT2D eigenvalue weighted by Crippen LogP contribution is 2.07. The Balaban J connectivity index is 4.03. The quantitative estimate of drug-likeness (QED) is 0.368. The Labute approximate surface area is 92.5 Å². The first-order valence-corrected chi connectivity index (χ1v) is 4.58. The molecule has 0 aliphatic rings. The van der Waals surface area contributed by atoms with Gasteiger partial charge in [0.2, 0.25) is 0 Å². The molecule has 0 saturated heterocycles. The van der Waals surface area contributed by atoms with Crippen LogP contribution in [0, 0.1) is 5.92 Å². The first-order chi connectivity index (χ1) is 7.34. The average Bonchev–Trinajstić information content (AvgIpc) is 2.14. The number of hydrogen-bond acceptors (Lipinski definition) is 6. The van der Waals surface area contributed by atoms with Crippen molar-refractivity contribution in [2.24, 2.45) is 5.92 Å². The third-order valence-corrected chi connectivity index (χ3v) is 1.79. The maximum Gasteiger partial charge on any atom is 0.333 e. The summed E-state index contributed by atoms with van der Waals surface area (Å²) in [6, 6.07) is 0. The summed E-state index contributed by atoms with van der Waals surface area (Å²) in [6.45, 7) is 4.58. The minimum absolute atomic E-state index is 0.130. The molecule has 1 atom stereocenters. The SMILES string of the molecule is C=C(C)C(=O)OCCC(CC(=O)[O-])C(=O)[O-]. The molecule has 0 amide bonds. The van der Waals surface area contributed by atoms with E-state index in [1.807, 2.05) is 0 Å². The highest BCUT2D eigenvalue weighted by molar-refractivity contribution is 5.86. The molecule has 0 fully saturated rings. The maximum atomic E-state index is 10.9. The molecular formula is C10H12O6-2. The van der Waals surface area contributed by atoms with E-state index in [4.69, 9.17) is 0 Å². The van der Waals surface area contributed by atoms with Gasteiger partial charge in [-0.15, -0.1) is 0 Å². The van der Waals surface area contributed by atoms with Crippen molar-refractivity contribution in [1.29, 1.82) is 0 Å². The molecule has 0 rings (SSSR count). The van der Waals surface area contributed by atoms with E-state index in [1.54, 1.807) is 0 Å². The molecule has 0 bridgehead atoms. The van der Waals surface area contributed by atoms with Crippen LogP contribution in [0.25, 0.3) is 0 Å². The van der Waals surface area contributed by atoms with E-state index in [2.05, 4.69) is 11.3 Å². The van der Waals surface area contributed by atoms with Crippen molar-refractivity contribution in [2.75, 3.05) is 6.61 Å². The van der Waals surface area contributed by atoms with Crippen molar-refractivity contribution in [3.05, 3.63) is 12.2 Å². The van der Waals surface area contributed by atoms with Gasteiger partial charge in [-0.3, -0.25) is 0 Å². The molecule has 1 unspecified atom stereocenters. The number of aliphatic carboxylic acids is 2. The van der Waals surface area contributed by atoms with E-state index < -0.39 is 30.2 Å². The molecule has 0 N–H and O–H groups in total. The van der Waals surface area contributed by atoms with E-state index in [-0.39, 0.29) is 18.6 Å². The highest BCUT2D eigenvalue weighted by atomic mass is 16.5. The molecule has 0 aliphatic carbocycles. The lowest BCUT2D eigenvalue weighted by molar-refractivity contribution is -0.321. The van der Waals surface area contributed by atoms with Crippen LogP contribution in [0.3, 0.4) is 0 Å². The van der Waals surface area contributed by atoms with Crippen molar-refractivity contribution < 1.29 is 29.3 Å². The summed E-state index contributed by atoms with van der Waals surface area (Å²) in [4.78, 5) is 31.6. The Morgan fingerprint density at radius 1 is 1.31 bits per heavy atom. The number of esters is 1. The lowest BCUT2D eigenvalue weighted by atomic mass is 10.0. The monoisotopic (exact) mass is 228 g/mol. The smallest absolute Gasteiger partial charge is 0.333 e. The number of carbonyl (C=O) groups excluding carboxylic acids is 3. The zero-order valence-corrected chi connectivity index (χ0v) is 8.86.